The molecule has 2 amide bonds. The molecule has 1 heterocycles. The van der Waals surface area contributed by atoms with Crippen molar-refractivity contribution in [2.24, 2.45) is 0 Å². The molecule has 0 aliphatic rings. The van der Waals surface area contributed by atoms with E-state index in [1.807, 2.05) is 45.9 Å². The van der Waals surface area contributed by atoms with Gasteiger partial charge in [0, 0.05) is 29.1 Å². The van der Waals surface area contributed by atoms with Gasteiger partial charge >= 0.3 is 11.8 Å². The first-order chi connectivity index (χ1) is 14.2. The van der Waals surface area contributed by atoms with E-state index in [2.05, 4.69) is 40.7 Å². The topological polar surface area (TPSA) is 71.1 Å². The van der Waals surface area contributed by atoms with Crippen molar-refractivity contribution in [3.05, 3.63) is 69.2 Å². The molecule has 5 nitrogen and oxygen atoms in total. The Kier molecular flexibility index (Phi) is 6.67. The summed E-state index contributed by atoms with van der Waals surface area (Å²) in [6, 6.07) is 12.2. The maximum atomic E-state index is 12.3. The zero-order chi connectivity index (χ0) is 21.8. The Morgan fingerprint density at radius 2 is 1.63 bits per heavy atom. The third-order valence-electron chi connectivity index (χ3n) is 4.92. The summed E-state index contributed by atoms with van der Waals surface area (Å²) in [6.07, 6.45) is 0.636. The number of benzene rings is 2. The fraction of sp³-hybridized carbons (Fsp3) is 0.292. The highest BCUT2D eigenvalue weighted by Gasteiger charge is 2.16. The number of anilines is 1. The van der Waals surface area contributed by atoms with E-state index in [4.69, 9.17) is 0 Å². The van der Waals surface area contributed by atoms with Crippen LogP contribution in [0, 0.1) is 34.6 Å². The van der Waals surface area contributed by atoms with Crippen molar-refractivity contribution in [1.29, 1.82) is 0 Å². The van der Waals surface area contributed by atoms with Gasteiger partial charge in [-0.3, -0.25) is 9.59 Å². The molecule has 0 aliphatic carbocycles. The first kappa shape index (κ1) is 21.7. The molecule has 30 heavy (non-hydrogen) atoms. The zero-order valence-corrected chi connectivity index (χ0v) is 18.9. The quantitative estimate of drug-likeness (QED) is 0.589. The van der Waals surface area contributed by atoms with Gasteiger partial charge in [-0.1, -0.05) is 41.5 Å². The third kappa shape index (κ3) is 5.13. The number of hydrogen-bond donors (Lipinski definition) is 2. The highest BCUT2D eigenvalue weighted by atomic mass is 32.1. The first-order valence-electron chi connectivity index (χ1n) is 9.95. The summed E-state index contributed by atoms with van der Waals surface area (Å²) in [5.41, 5.74) is 6.96. The summed E-state index contributed by atoms with van der Waals surface area (Å²) in [7, 11) is 0. The Hall–Kier alpha value is -2.99. The number of carbonyl (C=O) groups is 2. The molecule has 0 aliphatic heterocycles. The molecule has 0 saturated carbocycles. The first-order valence-corrected chi connectivity index (χ1v) is 10.8. The van der Waals surface area contributed by atoms with Crippen molar-refractivity contribution in [2.45, 2.75) is 41.0 Å². The van der Waals surface area contributed by atoms with Crippen molar-refractivity contribution >= 4 is 28.8 Å². The number of nitrogens with one attached hydrogen (secondary N) is 2. The highest BCUT2D eigenvalue weighted by Crippen LogP contribution is 2.28. The number of aryl methyl sites for hydroxylation is 5. The average Bonchev–Trinajstić information content (AvgIpc) is 3.05. The number of thiazole rings is 1. The molecular weight excluding hydrogens is 394 g/mol. The van der Waals surface area contributed by atoms with Crippen molar-refractivity contribution in [2.75, 3.05) is 11.9 Å². The Bertz CT molecular complexity index is 1080. The SMILES string of the molecule is Cc1cccc(-c2nc(C)c(CCNC(=O)C(=O)Nc3c(C)cc(C)cc3C)s2)c1. The molecule has 3 rings (SSSR count). The normalized spacial score (nSPS) is 10.7. The summed E-state index contributed by atoms with van der Waals surface area (Å²) in [5.74, 6) is -1.28. The molecule has 3 aromatic rings. The molecule has 6 heteroatoms. The lowest BCUT2D eigenvalue weighted by Crippen LogP contribution is -2.36. The molecule has 0 spiro atoms. The summed E-state index contributed by atoms with van der Waals surface area (Å²) >= 11 is 1.63. The summed E-state index contributed by atoms with van der Waals surface area (Å²) in [6.45, 7) is 10.3. The second-order valence-corrected chi connectivity index (χ2v) is 8.71. The minimum atomic E-state index is -0.647. The maximum absolute atomic E-state index is 12.3. The summed E-state index contributed by atoms with van der Waals surface area (Å²) in [5, 5.41) is 6.42. The zero-order valence-electron chi connectivity index (χ0n) is 18.1. The van der Waals surface area contributed by atoms with Crippen LogP contribution >= 0.6 is 11.3 Å². The number of nitrogens with zero attached hydrogens (tertiary/aromatic N) is 1. The van der Waals surface area contributed by atoms with E-state index in [-0.39, 0.29) is 0 Å². The van der Waals surface area contributed by atoms with Crippen LogP contribution in [0.4, 0.5) is 5.69 Å². The van der Waals surface area contributed by atoms with E-state index >= 15 is 0 Å². The Morgan fingerprint density at radius 1 is 0.933 bits per heavy atom. The van der Waals surface area contributed by atoms with E-state index in [1.165, 1.54) is 5.56 Å². The number of carbonyl (C=O) groups excluding carboxylic acids is 2. The third-order valence-corrected chi connectivity index (χ3v) is 6.18. The monoisotopic (exact) mass is 421 g/mol. The van der Waals surface area contributed by atoms with E-state index in [0.29, 0.717) is 18.7 Å². The number of rotatable bonds is 5. The van der Waals surface area contributed by atoms with Crippen molar-refractivity contribution in [3.63, 3.8) is 0 Å². The Morgan fingerprint density at radius 3 is 2.30 bits per heavy atom. The second-order valence-electron chi connectivity index (χ2n) is 7.63. The molecule has 1 aromatic heterocycles. The van der Waals surface area contributed by atoms with Gasteiger partial charge in [-0.2, -0.15) is 0 Å². The van der Waals surface area contributed by atoms with Crippen molar-refractivity contribution in [1.82, 2.24) is 10.3 Å². The highest BCUT2D eigenvalue weighted by molar-refractivity contribution is 7.15. The Balaban J connectivity index is 1.58. The van der Waals surface area contributed by atoms with Crippen LogP contribution in [0.5, 0.6) is 0 Å². The molecule has 2 aromatic carbocycles. The summed E-state index contributed by atoms with van der Waals surface area (Å²) < 4.78 is 0. The average molecular weight is 422 g/mol. The lowest BCUT2D eigenvalue weighted by atomic mass is 10.1. The van der Waals surface area contributed by atoms with Gasteiger partial charge in [0.15, 0.2) is 0 Å². The lowest BCUT2D eigenvalue weighted by molar-refractivity contribution is -0.136. The van der Waals surface area contributed by atoms with Gasteiger partial charge in [0.25, 0.3) is 0 Å². The molecule has 0 bridgehead atoms. The minimum Gasteiger partial charge on any atom is -0.347 e. The van der Waals surface area contributed by atoms with Gasteiger partial charge in [-0.15, -0.1) is 11.3 Å². The van der Waals surface area contributed by atoms with E-state index < -0.39 is 11.8 Å². The van der Waals surface area contributed by atoms with E-state index in [1.54, 1.807) is 11.3 Å². The molecular formula is C24H27N3O2S. The fourth-order valence-corrected chi connectivity index (χ4v) is 4.54. The smallest absolute Gasteiger partial charge is 0.313 e. The molecule has 0 radical (unpaired) electrons. The van der Waals surface area contributed by atoms with Gasteiger partial charge in [0.05, 0.1) is 5.69 Å². The van der Waals surface area contributed by atoms with Crippen molar-refractivity contribution < 1.29 is 9.59 Å². The molecule has 2 N–H and O–H groups in total. The predicted octanol–water partition coefficient (Wildman–Crippen LogP) is 4.65. The number of amides is 2. The number of aromatic nitrogens is 1. The lowest BCUT2D eigenvalue weighted by Gasteiger charge is -2.12. The molecule has 0 fully saturated rings. The summed E-state index contributed by atoms with van der Waals surface area (Å²) in [4.78, 5) is 30.3. The fourth-order valence-electron chi connectivity index (χ4n) is 3.48. The maximum Gasteiger partial charge on any atom is 0.313 e. The van der Waals surface area contributed by atoms with Crippen LogP contribution in [0.25, 0.3) is 10.6 Å². The Labute approximate surface area is 181 Å². The largest absolute Gasteiger partial charge is 0.347 e. The molecule has 156 valence electrons. The van der Waals surface area contributed by atoms with Crippen LogP contribution < -0.4 is 10.6 Å². The number of hydrogen-bond acceptors (Lipinski definition) is 4. The van der Waals surface area contributed by atoms with Gasteiger partial charge in [-0.05, 0) is 51.8 Å². The van der Waals surface area contributed by atoms with Gasteiger partial charge in [-0.25, -0.2) is 4.98 Å². The molecule has 0 atom stereocenters. The van der Waals surface area contributed by atoms with Gasteiger partial charge in [0.1, 0.15) is 5.01 Å². The van der Waals surface area contributed by atoms with E-state index in [0.717, 1.165) is 37.8 Å². The van der Waals surface area contributed by atoms with Gasteiger partial charge in [0.2, 0.25) is 0 Å². The minimum absolute atomic E-state index is 0.383. The van der Waals surface area contributed by atoms with Crippen LogP contribution in [-0.4, -0.2) is 23.3 Å². The second kappa shape index (κ2) is 9.22. The van der Waals surface area contributed by atoms with Crippen LogP contribution in [0.1, 0.15) is 32.8 Å². The van der Waals surface area contributed by atoms with Crippen LogP contribution in [0.15, 0.2) is 36.4 Å². The van der Waals surface area contributed by atoms with Crippen LogP contribution in [-0.2, 0) is 16.0 Å². The van der Waals surface area contributed by atoms with Crippen LogP contribution in [0.3, 0.4) is 0 Å². The van der Waals surface area contributed by atoms with E-state index in [9.17, 15) is 9.59 Å². The molecule has 0 unspecified atom stereocenters. The van der Waals surface area contributed by atoms with Gasteiger partial charge < -0.3 is 10.6 Å². The van der Waals surface area contributed by atoms with Crippen LogP contribution in [0.2, 0.25) is 0 Å². The standard InChI is InChI=1S/C24H27N3O2S/c1-14-7-6-8-19(13-14)24-26-18(5)20(30-24)9-10-25-22(28)23(29)27-21-16(3)11-15(2)12-17(21)4/h6-8,11-13H,9-10H2,1-5H3,(H,25,28)(H,27,29). The van der Waals surface area contributed by atoms with Crippen molar-refractivity contribution in [3.8, 4) is 10.6 Å². The predicted molar refractivity (Wildman–Crippen MR) is 123 cm³/mol. The molecule has 0 saturated heterocycles.